The zero-order chi connectivity index (χ0) is 11.2. The highest BCUT2D eigenvalue weighted by molar-refractivity contribution is 5.75. The lowest BCUT2D eigenvalue weighted by Gasteiger charge is -2.19. The van der Waals surface area contributed by atoms with Crippen molar-refractivity contribution in [1.29, 1.82) is 0 Å². The van der Waals surface area contributed by atoms with Crippen LogP contribution in [-0.2, 0) is 9.53 Å². The summed E-state index contributed by atoms with van der Waals surface area (Å²) in [6.07, 6.45) is -0.571. The van der Waals surface area contributed by atoms with E-state index in [2.05, 4.69) is 5.32 Å². The first-order valence-electron chi connectivity index (χ1n) is 4.25. The highest BCUT2D eigenvalue weighted by Crippen LogP contribution is 2.06. The van der Waals surface area contributed by atoms with Gasteiger partial charge in [-0.1, -0.05) is 0 Å². The number of amides is 2. The normalized spacial score (nSPS) is 10.6. The number of hydroxylamine groups is 1. The summed E-state index contributed by atoms with van der Waals surface area (Å²) in [6, 6.07) is 0. The van der Waals surface area contributed by atoms with Crippen LogP contribution in [0.3, 0.4) is 0 Å². The molecule has 0 fully saturated rings. The second-order valence-electron chi connectivity index (χ2n) is 3.71. The predicted molar refractivity (Wildman–Crippen MR) is 48.8 cm³/mol. The molecule has 0 aromatic heterocycles. The van der Waals surface area contributed by atoms with Crippen molar-refractivity contribution in [3.8, 4) is 0 Å². The highest BCUT2D eigenvalue weighted by atomic mass is 16.6. The molecule has 0 unspecified atom stereocenters. The van der Waals surface area contributed by atoms with E-state index in [9.17, 15) is 9.59 Å². The second kappa shape index (κ2) is 5.43. The van der Waals surface area contributed by atoms with Crippen molar-refractivity contribution >= 4 is 12.0 Å². The Hall–Kier alpha value is -1.30. The minimum absolute atomic E-state index is 0.00967. The second-order valence-corrected chi connectivity index (χ2v) is 3.71. The third-order valence-corrected chi connectivity index (χ3v) is 1.14. The van der Waals surface area contributed by atoms with Gasteiger partial charge in [0, 0.05) is 13.0 Å². The number of alkyl carbamates (subject to hydrolysis) is 1. The summed E-state index contributed by atoms with van der Waals surface area (Å²) in [7, 11) is 0. The quantitative estimate of drug-likeness (QED) is 0.459. The molecule has 0 radical (unpaired) electrons. The summed E-state index contributed by atoms with van der Waals surface area (Å²) in [5, 5.41) is 10.5. The maximum atomic E-state index is 11.0. The standard InChI is InChI=1S/C8H16N2O4/c1-8(2,3)14-7(12)9-5-4-6(11)10-13/h13H,4-5H2,1-3H3,(H,9,12)(H,10,11). The van der Waals surface area contributed by atoms with Crippen LogP contribution < -0.4 is 10.8 Å². The summed E-state index contributed by atoms with van der Waals surface area (Å²) in [5.74, 6) is -0.555. The van der Waals surface area contributed by atoms with Gasteiger partial charge in [-0.3, -0.25) is 10.0 Å². The lowest BCUT2D eigenvalue weighted by molar-refractivity contribution is -0.129. The van der Waals surface area contributed by atoms with Gasteiger partial charge in [0.15, 0.2) is 0 Å². The van der Waals surface area contributed by atoms with E-state index in [-0.39, 0.29) is 13.0 Å². The number of ether oxygens (including phenoxy) is 1. The zero-order valence-corrected chi connectivity index (χ0v) is 8.59. The van der Waals surface area contributed by atoms with Gasteiger partial charge in [0.1, 0.15) is 5.60 Å². The molecule has 2 amide bonds. The highest BCUT2D eigenvalue weighted by Gasteiger charge is 2.15. The molecule has 0 aliphatic carbocycles. The summed E-state index contributed by atoms with van der Waals surface area (Å²) in [6.45, 7) is 5.36. The summed E-state index contributed by atoms with van der Waals surface area (Å²) >= 11 is 0. The van der Waals surface area contributed by atoms with E-state index < -0.39 is 17.6 Å². The van der Waals surface area contributed by atoms with Crippen LogP contribution in [0.15, 0.2) is 0 Å². The molecule has 0 atom stereocenters. The predicted octanol–water partition coefficient (Wildman–Crippen LogP) is 0.407. The Morgan fingerprint density at radius 1 is 1.36 bits per heavy atom. The molecule has 0 aromatic carbocycles. The van der Waals surface area contributed by atoms with Crippen LogP contribution in [0.25, 0.3) is 0 Å². The Labute approximate surface area is 82.6 Å². The van der Waals surface area contributed by atoms with Crippen LogP contribution in [0.5, 0.6) is 0 Å². The molecule has 0 heterocycles. The van der Waals surface area contributed by atoms with Crippen molar-refractivity contribution in [1.82, 2.24) is 10.8 Å². The molecule has 82 valence electrons. The van der Waals surface area contributed by atoms with Gasteiger partial charge in [0.25, 0.3) is 0 Å². The molecule has 0 aliphatic rings. The van der Waals surface area contributed by atoms with Gasteiger partial charge in [0.2, 0.25) is 5.91 Å². The number of carbonyl (C=O) groups is 2. The van der Waals surface area contributed by atoms with Crippen LogP contribution in [0.2, 0.25) is 0 Å². The Bertz CT molecular complexity index is 210. The number of rotatable bonds is 3. The van der Waals surface area contributed by atoms with Crippen LogP contribution >= 0.6 is 0 Å². The molecule has 6 nitrogen and oxygen atoms in total. The molecule has 0 spiro atoms. The fraction of sp³-hybridized carbons (Fsp3) is 0.750. The maximum Gasteiger partial charge on any atom is 0.407 e. The van der Waals surface area contributed by atoms with Gasteiger partial charge in [0.05, 0.1) is 0 Å². The number of carbonyl (C=O) groups excluding carboxylic acids is 2. The molecule has 0 rings (SSSR count). The molecular formula is C8H16N2O4. The summed E-state index contributed by atoms with van der Waals surface area (Å²) < 4.78 is 4.91. The fourth-order valence-corrected chi connectivity index (χ4v) is 0.648. The third kappa shape index (κ3) is 7.35. The Balaban J connectivity index is 3.60. The fourth-order valence-electron chi connectivity index (χ4n) is 0.648. The van der Waals surface area contributed by atoms with E-state index >= 15 is 0 Å². The molecule has 0 bridgehead atoms. The van der Waals surface area contributed by atoms with E-state index in [4.69, 9.17) is 9.94 Å². The van der Waals surface area contributed by atoms with E-state index in [1.165, 1.54) is 5.48 Å². The first-order chi connectivity index (χ1) is 6.35. The van der Waals surface area contributed by atoms with Gasteiger partial charge in [-0.05, 0) is 20.8 Å². The lowest BCUT2D eigenvalue weighted by Crippen LogP contribution is -2.34. The molecule has 0 saturated carbocycles. The summed E-state index contributed by atoms with van der Waals surface area (Å²) in [4.78, 5) is 21.5. The summed E-state index contributed by atoms with van der Waals surface area (Å²) in [5.41, 5.74) is 0.904. The van der Waals surface area contributed by atoms with Gasteiger partial charge in [-0.2, -0.15) is 0 Å². The van der Waals surface area contributed by atoms with Crippen LogP contribution in [-0.4, -0.2) is 29.4 Å². The molecule has 0 saturated heterocycles. The number of hydrogen-bond donors (Lipinski definition) is 3. The molecule has 14 heavy (non-hydrogen) atoms. The first kappa shape index (κ1) is 12.7. The Morgan fingerprint density at radius 3 is 2.36 bits per heavy atom. The lowest BCUT2D eigenvalue weighted by atomic mass is 10.2. The van der Waals surface area contributed by atoms with Crippen LogP contribution in [0.1, 0.15) is 27.2 Å². The van der Waals surface area contributed by atoms with E-state index in [0.29, 0.717) is 0 Å². The third-order valence-electron chi connectivity index (χ3n) is 1.14. The van der Waals surface area contributed by atoms with Crippen molar-refractivity contribution in [3.05, 3.63) is 0 Å². The SMILES string of the molecule is CC(C)(C)OC(=O)NCCC(=O)NO. The monoisotopic (exact) mass is 204 g/mol. The van der Waals surface area contributed by atoms with Crippen molar-refractivity contribution < 1.29 is 19.5 Å². The van der Waals surface area contributed by atoms with E-state index in [0.717, 1.165) is 0 Å². The number of hydrogen-bond acceptors (Lipinski definition) is 4. The first-order valence-corrected chi connectivity index (χ1v) is 4.25. The van der Waals surface area contributed by atoms with Crippen molar-refractivity contribution in [2.75, 3.05) is 6.54 Å². The Morgan fingerprint density at radius 2 is 1.93 bits per heavy atom. The molecule has 3 N–H and O–H groups in total. The van der Waals surface area contributed by atoms with Gasteiger partial charge in [-0.25, -0.2) is 10.3 Å². The minimum atomic E-state index is -0.580. The molecule has 6 heteroatoms. The molecule has 0 aromatic rings. The average molecular weight is 204 g/mol. The Kier molecular flexibility index (Phi) is 4.93. The average Bonchev–Trinajstić information content (AvgIpc) is 2.00. The topological polar surface area (TPSA) is 87.7 Å². The maximum absolute atomic E-state index is 11.0. The minimum Gasteiger partial charge on any atom is -0.444 e. The van der Waals surface area contributed by atoms with Crippen molar-refractivity contribution in [2.45, 2.75) is 32.8 Å². The molecule has 0 aliphatic heterocycles. The van der Waals surface area contributed by atoms with Crippen LogP contribution in [0, 0.1) is 0 Å². The van der Waals surface area contributed by atoms with Gasteiger partial charge in [-0.15, -0.1) is 0 Å². The van der Waals surface area contributed by atoms with Crippen molar-refractivity contribution in [2.24, 2.45) is 0 Å². The zero-order valence-electron chi connectivity index (χ0n) is 8.59. The molecular weight excluding hydrogens is 188 g/mol. The van der Waals surface area contributed by atoms with E-state index in [1.54, 1.807) is 20.8 Å². The largest absolute Gasteiger partial charge is 0.444 e. The van der Waals surface area contributed by atoms with Gasteiger partial charge < -0.3 is 10.1 Å². The van der Waals surface area contributed by atoms with Crippen LogP contribution in [0.4, 0.5) is 4.79 Å². The van der Waals surface area contributed by atoms with E-state index in [1.807, 2.05) is 0 Å². The van der Waals surface area contributed by atoms with Gasteiger partial charge >= 0.3 is 6.09 Å². The number of nitrogens with one attached hydrogen (secondary N) is 2. The smallest absolute Gasteiger partial charge is 0.407 e. The van der Waals surface area contributed by atoms with Crippen molar-refractivity contribution in [3.63, 3.8) is 0 Å².